The monoisotopic (exact) mass is 314 g/mol. The fourth-order valence-corrected chi connectivity index (χ4v) is 2.25. The zero-order valence-electron chi connectivity index (χ0n) is 13.9. The molecule has 2 rings (SSSR count). The van der Waals surface area contributed by atoms with Gasteiger partial charge < -0.3 is 10.2 Å². The normalized spacial score (nSPS) is 10.4. The van der Waals surface area contributed by atoms with Gasteiger partial charge in [0, 0.05) is 32.7 Å². The molecule has 0 bridgehead atoms. The van der Waals surface area contributed by atoms with Crippen LogP contribution >= 0.6 is 0 Å². The maximum absolute atomic E-state index is 13.4. The summed E-state index contributed by atoms with van der Waals surface area (Å²) >= 11 is 0. The first-order valence-electron chi connectivity index (χ1n) is 7.73. The molecule has 23 heavy (non-hydrogen) atoms. The Morgan fingerprint density at radius 3 is 2.35 bits per heavy atom. The molecule has 0 spiro atoms. The van der Waals surface area contributed by atoms with Gasteiger partial charge in [-0.2, -0.15) is 0 Å². The second-order valence-electron chi connectivity index (χ2n) is 5.92. The predicted molar refractivity (Wildman–Crippen MR) is 92.1 cm³/mol. The average molecular weight is 314 g/mol. The van der Waals surface area contributed by atoms with Crippen molar-refractivity contribution in [3.8, 4) is 0 Å². The van der Waals surface area contributed by atoms with Gasteiger partial charge in [-0.15, -0.1) is 0 Å². The minimum atomic E-state index is -0.238. The van der Waals surface area contributed by atoms with E-state index in [-0.39, 0.29) is 11.7 Å². The molecule has 0 fully saturated rings. The van der Waals surface area contributed by atoms with Crippen molar-refractivity contribution in [2.75, 3.05) is 19.0 Å². The molecule has 0 saturated heterocycles. The number of anilines is 1. The molecule has 0 heterocycles. The van der Waals surface area contributed by atoms with Gasteiger partial charge in [0.2, 0.25) is 5.91 Å². The summed E-state index contributed by atoms with van der Waals surface area (Å²) in [5.74, 6) is -0.264. The number of carbonyl (C=O) groups is 1. The van der Waals surface area contributed by atoms with Gasteiger partial charge in [0.1, 0.15) is 5.82 Å². The summed E-state index contributed by atoms with van der Waals surface area (Å²) in [5, 5.41) is 2.83. The fraction of sp³-hybridized carbons (Fsp3) is 0.316. The molecule has 2 aromatic carbocycles. The van der Waals surface area contributed by atoms with Crippen molar-refractivity contribution in [1.29, 1.82) is 0 Å². The number of nitrogens with one attached hydrogen (secondary N) is 1. The fourth-order valence-electron chi connectivity index (χ4n) is 2.25. The van der Waals surface area contributed by atoms with Crippen LogP contribution in [0.5, 0.6) is 0 Å². The summed E-state index contributed by atoms with van der Waals surface area (Å²) in [6.45, 7) is 2.08. The minimum Gasteiger partial charge on any atom is -0.378 e. The Morgan fingerprint density at radius 1 is 1.09 bits per heavy atom. The van der Waals surface area contributed by atoms with Crippen LogP contribution in [0.4, 0.5) is 10.1 Å². The Hall–Kier alpha value is -2.36. The molecule has 3 nitrogen and oxygen atoms in total. The molecule has 0 aromatic heterocycles. The van der Waals surface area contributed by atoms with Crippen molar-refractivity contribution in [2.45, 2.75) is 26.3 Å². The van der Waals surface area contributed by atoms with E-state index in [0.717, 1.165) is 16.8 Å². The molecule has 0 unspecified atom stereocenters. The third-order valence-corrected chi connectivity index (χ3v) is 3.82. The van der Waals surface area contributed by atoms with Crippen molar-refractivity contribution in [3.05, 3.63) is 65.0 Å². The molecule has 0 aliphatic carbocycles. The molecule has 0 atom stereocenters. The Bertz CT molecular complexity index is 666. The van der Waals surface area contributed by atoms with Gasteiger partial charge in [-0.3, -0.25) is 4.79 Å². The molecule has 4 heteroatoms. The highest BCUT2D eigenvalue weighted by Gasteiger charge is 2.04. The van der Waals surface area contributed by atoms with E-state index >= 15 is 0 Å². The number of hydrogen-bond donors (Lipinski definition) is 1. The summed E-state index contributed by atoms with van der Waals surface area (Å²) in [4.78, 5) is 13.9. The van der Waals surface area contributed by atoms with Crippen molar-refractivity contribution in [3.63, 3.8) is 0 Å². The first-order chi connectivity index (χ1) is 11.0. The van der Waals surface area contributed by atoms with Crippen molar-refractivity contribution in [1.82, 2.24) is 5.32 Å². The Morgan fingerprint density at radius 2 is 1.74 bits per heavy atom. The summed E-state index contributed by atoms with van der Waals surface area (Å²) in [5.41, 5.74) is 3.66. The van der Waals surface area contributed by atoms with Crippen LogP contribution in [0.15, 0.2) is 42.5 Å². The third-order valence-electron chi connectivity index (χ3n) is 3.82. The lowest BCUT2D eigenvalue weighted by Crippen LogP contribution is -2.23. The maximum atomic E-state index is 13.4. The lowest BCUT2D eigenvalue weighted by Gasteiger charge is -2.12. The van der Waals surface area contributed by atoms with Crippen LogP contribution < -0.4 is 10.2 Å². The van der Waals surface area contributed by atoms with Crippen LogP contribution in [0.1, 0.15) is 23.1 Å². The predicted octanol–water partition coefficient (Wildman–Crippen LogP) is 3.45. The topological polar surface area (TPSA) is 32.3 Å². The number of benzene rings is 2. The van der Waals surface area contributed by atoms with Gasteiger partial charge >= 0.3 is 0 Å². The summed E-state index contributed by atoms with van der Waals surface area (Å²) in [6.07, 6.45) is 1.12. The number of amides is 1. The van der Waals surface area contributed by atoms with Gasteiger partial charge in [-0.05, 0) is 48.2 Å². The highest BCUT2D eigenvalue weighted by Crippen LogP contribution is 2.13. The van der Waals surface area contributed by atoms with E-state index in [4.69, 9.17) is 0 Å². The minimum absolute atomic E-state index is 0.0253. The first-order valence-corrected chi connectivity index (χ1v) is 7.73. The van der Waals surface area contributed by atoms with Gasteiger partial charge in [0.25, 0.3) is 0 Å². The van der Waals surface area contributed by atoms with Crippen LogP contribution in [0.25, 0.3) is 0 Å². The zero-order chi connectivity index (χ0) is 16.8. The second-order valence-corrected chi connectivity index (χ2v) is 5.92. The van der Waals surface area contributed by atoms with Crippen LogP contribution in [-0.4, -0.2) is 20.0 Å². The quantitative estimate of drug-likeness (QED) is 0.886. The smallest absolute Gasteiger partial charge is 0.220 e. The number of hydrogen-bond acceptors (Lipinski definition) is 2. The Kier molecular flexibility index (Phi) is 5.74. The number of rotatable bonds is 6. The largest absolute Gasteiger partial charge is 0.378 e. The maximum Gasteiger partial charge on any atom is 0.220 e. The number of carbonyl (C=O) groups excluding carboxylic acids is 1. The third kappa shape index (κ3) is 5.09. The number of nitrogens with zero attached hydrogens (tertiary/aromatic N) is 1. The molecule has 0 aliphatic rings. The molecular formula is C19H23FN2O. The molecular weight excluding hydrogens is 291 g/mol. The Balaban J connectivity index is 1.79. The zero-order valence-corrected chi connectivity index (χ0v) is 13.9. The standard InChI is InChI=1S/C19H23FN2O/c1-14-4-5-16(12-18(14)20)13-21-19(23)11-8-15-6-9-17(10-7-15)22(2)3/h4-7,9-10,12H,8,11,13H2,1-3H3,(H,21,23). The second kappa shape index (κ2) is 7.77. The van der Waals surface area contributed by atoms with Crippen LogP contribution in [0.3, 0.4) is 0 Å². The summed E-state index contributed by atoms with van der Waals surface area (Å²) in [6, 6.07) is 13.2. The lowest BCUT2D eigenvalue weighted by molar-refractivity contribution is -0.121. The van der Waals surface area contributed by atoms with Crippen molar-refractivity contribution >= 4 is 11.6 Å². The van der Waals surface area contributed by atoms with Crippen molar-refractivity contribution < 1.29 is 9.18 Å². The van der Waals surface area contributed by atoms with E-state index in [2.05, 4.69) is 5.32 Å². The van der Waals surface area contributed by atoms with E-state index in [0.29, 0.717) is 24.9 Å². The van der Waals surface area contributed by atoms with E-state index in [9.17, 15) is 9.18 Å². The van der Waals surface area contributed by atoms with Gasteiger partial charge in [0.15, 0.2) is 0 Å². The molecule has 2 aromatic rings. The summed E-state index contributed by atoms with van der Waals surface area (Å²) in [7, 11) is 3.99. The average Bonchev–Trinajstić information content (AvgIpc) is 2.54. The SMILES string of the molecule is Cc1ccc(CNC(=O)CCc2ccc(N(C)C)cc2)cc1F. The Labute approximate surface area is 137 Å². The van der Waals surface area contributed by atoms with Crippen LogP contribution in [-0.2, 0) is 17.8 Å². The molecule has 1 amide bonds. The lowest BCUT2D eigenvalue weighted by atomic mass is 10.1. The van der Waals surface area contributed by atoms with E-state index in [1.165, 1.54) is 6.07 Å². The first kappa shape index (κ1) is 17.0. The van der Waals surface area contributed by atoms with Gasteiger partial charge in [0.05, 0.1) is 0 Å². The highest BCUT2D eigenvalue weighted by atomic mass is 19.1. The molecule has 0 aliphatic heterocycles. The van der Waals surface area contributed by atoms with Crippen molar-refractivity contribution in [2.24, 2.45) is 0 Å². The number of aryl methyl sites for hydroxylation is 2. The van der Waals surface area contributed by atoms with Crippen LogP contribution in [0.2, 0.25) is 0 Å². The molecule has 0 saturated carbocycles. The van der Waals surface area contributed by atoms with Gasteiger partial charge in [-0.25, -0.2) is 4.39 Å². The van der Waals surface area contributed by atoms with Crippen LogP contribution in [0, 0.1) is 12.7 Å². The van der Waals surface area contributed by atoms with Gasteiger partial charge in [-0.1, -0.05) is 24.3 Å². The van der Waals surface area contributed by atoms with E-state index < -0.39 is 0 Å². The molecule has 1 N–H and O–H groups in total. The number of halogens is 1. The summed E-state index contributed by atoms with van der Waals surface area (Å²) < 4.78 is 13.4. The molecule has 122 valence electrons. The van der Waals surface area contributed by atoms with E-state index in [1.807, 2.05) is 49.3 Å². The van der Waals surface area contributed by atoms with E-state index in [1.54, 1.807) is 13.0 Å². The highest BCUT2D eigenvalue weighted by molar-refractivity contribution is 5.76. The molecule has 0 radical (unpaired) electrons.